The normalized spacial score (nSPS) is 37.7. The Morgan fingerprint density at radius 2 is 1.23 bits per heavy atom. The summed E-state index contributed by atoms with van der Waals surface area (Å²) in [6, 6.07) is 20.2. The molecule has 2 aromatic rings. The summed E-state index contributed by atoms with van der Waals surface area (Å²) in [5.41, 5.74) is 2.02. The van der Waals surface area contributed by atoms with E-state index in [0.717, 1.165) is 11.1 Å². The molecule has 2 unspecified atom stereocenters. The van der Waals surface area contributed by atoms with Gasteiger partial charge in [0.05, 0.1) is 13.7 Å². The Morgan fingerprint density at radius 1 is 0.800 bits per heavy atom. The molecule has 2 aromatic carbocycles. The van der Waals surface area contributed by atoms with Crippen molar-refractivity contribution in [2.24, 2.45) is 0 Å². The van der Waals surface area contributed by atoms with E-state index in [4.69, 9.17) is 18.9 Å². The standard InChI is InChI=1S/C23H28NO5.HI/c1-24(12-13-25)18-14-26-22(16-8-4-2-5-9-16)28-20(18)21-19(24)15-27-23(29-21)17-10-6-3-7-11-17;/h2-11,18-23,25H,12-15H2,1H3;1H/q+1;/p-1/t18-,19-,20+,21+,22?,23?,24?;/m0./s1. The van der Waals surface area contributed by atoms with Crippen LogP contribution in [0.5, 0.6) is 0 Å². The summed E-state index contributed by atoms with van der Waals surface area (Å²) in [5, 5.41) is 9.75. The van der Waals surface area contributed by atoms with Gasteiger partial charge in [0.1, 0.15) is 44.1 Å². The van der Waals surface area contributed by atoms with Crippen LogP contribution in [-0.2, 0) is 18.9 Å². The Bertz CT molecular complexity index is 759. The van der Waals surface area contributed by atoms with Gasteiger partial charge in [0.25, 0.3) is 0 Å². The molecular weight excluding hydrogens is 497 g/mol. The number of benzene rings is 2. The number of aliphatic hydroxyl groups excluding tert-OH is 1. The highest BCUT2D eigenvalue weighted by atomic mass is 127. The van der Waals surface area contributed by atoms with Crippen LogP contribution in [0.2, 0.25) is 0 Å². The first-order valence-corrected chi connectivity index (χ1v) is 10.3. The topological polar surface area (TPSA) is 57.2 Å². The third kappa shape index (κ3) is 3.81. The van der Waals surface area contributed by atoms with Crippen molar-refractivity contribution >= 4 is 0 Å². The fourth-order valence-electron chi connectivity index (χ4n) is 5.07. The Kier molecular flexibility index (Phi) is 6.79. The van der Waals surface area contributed by atoms with Crippen molar-refractivity contribution in [3.8, 4) is 0 Å². The van der Waals surface area contributed by atoms with Crippen LogP contribution in [0, 0.1) is 0 Å². The monoisotopic (exact) mass is 525 g/mol. The van der Waals surface area contributed by atoms with Crippen LogP contribution in [-0.4, -0.2) is 67.3 Å². The molecule has 3 fully saturated rings. The molecule has 0 spiro atoms. The van der Waals surface area contributed by atoms with Gasteiger partial charge in [-0.1, -0.05) is 60.7 Å². The summed E-state index contributed by atoms with van der Waals surface area (Å²) < 4.78 is 25.9. The van der Waals surface area contributed by atoms with Gasteiger partial charge >= 0.3 is 0 Å². The van der Waals surface area contributed by atoms with Crippen molar-refractivity contribution in [3.05, 3.63) is 71.8 Å². The molecule has 0 bridgehead atoms. The van der Waals surface area contributed by atoms with Crippen LogP contribution in [0.15, 0.2) is 60.7 Å². The van der Waals surface area contributed by atoms with Gasteiger partial charge in [-0.05, 0) is 0 Å². The molecular formula is C23H28INO5. The first-order chi connectivity index (χ1) is 14.2. The lowest BCUT2D eigenvalue weighted by molar-refractivity contribution is -0.950. The van der Waals surface area contributed by atoms with Crippen molar-refractivity contribution in [1.82, 2.24) is 0 Å². The van der Waals surface area contributed by atoms with E-state index in [1.165, 1.54) is 0 Å². The highest BCUT2D eigenvalue weighted by molar-refractivity contribution is 5.18. The number of likely N-dealkylation sites (N-methyl/N-ethyl adjacent to an activating group) is 1. The van der Waals surface area contributed by atoms with Crippen molar-refractivity contribution in [2.45, 2.75) is 36.9 Å². The van der Waals surface area contributed by atoms with Gasteiger partial charge in [-0.3, -0.25) is 0 Å². The maximum Gasteiger partial charge on any atom is 0.184 e. The number of nitrogens with zero attached hydrogens (tertiary/aromatic N) is 1. The van der Waals surface area contributed by atoms with Crippen LogP contribution in [0.1, 0.15) is 23.7 Å². The molecule has 6 atom stereocenters. The third-order valence-corrected chi connectivity index (χ3v) is 6.72. The van der Waals surface area contributed by atoms with E-state index in [9.17, 15) is 5.11 Å². The van der Waals surface area contributed by atoms with E-state index < -0.39 is 12.6 Å². The Morgan fingerprint density at radius 3 is 1.63 bits per heavy atom. The van der Waals surface area contributed by atoms with Crippen molar-refractivity contribution in [1.29, 1.82) is 0 Å². The smallest absolute Gasteiger partial charge is 0.184 e. The van der Waals surface area contributed by atoms with E-state index in [-0.39, 0.29) is 54.9 Å². The lowest BCUT2D eigenvalue weighted by Crippen LogP contribution is -3.00. The maximum absolute atomic E-state index is 9.75. The third-order valence-electron chi connectivity index (χ3n) is 6.72. The number of ether oxygens (including phenoxy) is 4. The van der Waals surface area contributed by atoms with Crippen LogP contribution in [0.3, 0.4) is 0 Å². The molecule has 0 aliphatic carbocycles. The summed E-state index contributed by atoms with van der Waals surface area (Å²) in [6.45, 7) is 1.85. The highest BCUT2D eigenvalue weighted by Gasteiger charge is 2.64. The summed E-state index contributed by atoms with van der Waals surface area (Å²) >= 11 is 0. The van der Waals surface area contributed by atoms with E-state index in [1.807, 2.05) is 60.7 Å². The molecule has 7 heteroatoms. The van der Waals surface area contributed by atoms with E-state index in [2.05, 4.69) is 7.05 Å². The van der Waals surface area contributed by atoms with E-state index in [0.29, 0.717) is 24.2 Å². The summed E-state index contributed by atoms with van der Waals surface area (Å²) in [5.74, 6) is 0. The predicted octanol–water partition coefficient (Wildman–Crippen LogP) is -0.591. The number of hydrogen-bond acceptors (Lipinski definition) is 5. The Hall–Kier alpha value is -1.07. The minimum absolute atomic E-state index is 0. The lowest BCUT2D eigenvalue weighted by atomic mass is 10.0. The number of aliphatic hydroxyl groups is 1. The van der Waals surface area contributed by atoms with Crippen LogP contribution in [0.25, 0.3) is 0 Å². The zero-order valence-electron chi connectivity index (χ0n) is 17.0. The first-order valence-electron chi connectivity index (χ1n) is 10.3. The summed E-state index contributed by atoms with van der Waals surface area (Å²) in [6.07, 6.45) is -1.04. The van der Waals surface area contributed by atoms with Gasteiger partial charge in [-0.15, -0.1) is 0 Å². The second-order valence-corrected chi connectivity index (χ2v) is 8.28. The Balaban J connectivity index is 0.00000218. The minimum atomic E-state index is -0.402. The first kappa shape index (κ1) is 22.1. The zero-order valence-corrected chi connectivity index (χ0v) is 19.1. The minimum Gasteiger partial charge on any atom is -1.00 e. The van der Waals surface area contributed by atoms with Gasteiger partial charge < -0.3 is 52.5 Å². The number of rotatable bonds is 4. The molecule has 0 aromatic heterocycles. The molecule has 3 aliphatic rings. The van der Waals surface area contributed by atoms with Gasteiger partial charge in [-0.2, -0.15) is 0 Å². The van der Waals surface area contributed by atoms with Gasteiger partial charge in [0.15, 0.2) is 12.6 Å². The molecule has 162 valence electrons. The lowest BCUT2D eigenvalue weighted by Gasteiger charge is -2.44. The van der Waals surface area contributed by atoms with Gasteiger partial charge in [0, 0.05) is 11.1 Å². The summed E-state index contributed by atoms with van der Waals surface area (Å²) in [7, 11) is 2.16. The SMILES string of the molecule is C[N+]1(CCO)[C@H]2COC(c3ccccc3)O[C@H]2[C@@H]2OC(c3ccccc3)OC[C@@H]21.[I-]. The molecule has 6 nitrogen and oxygen atoms in total. The summed E-state index contributed by atoms with van der Waals surface area (Å²) in [4.78, 5) is 0. The highest BCUT2D eigenvalue weighted by Crippen LogP contribution is 2.45. The number of fused-ring (bicyclic) bond motifs is 3. The van der Waals surface area contributed by atoms with E-state index >= 15 is 0 Å². The van der Waals surface area contributed by atoms with Crippen LogP contribution >= 0.6 is 0 Å². The van der Waals surface area contributed by atoms with Crippen molar-refractivity contribution in [2.75, 3.05) is 33.4 Å². The molecule has 5 rings (SSSR count). The Labute approximate surface area is 194 Å². The second kappa shape index (κ2) is 9.20. The number of halogens is 1. The molecule has 3 saturated heterocycles. The average molecular weight is 525 g/mol. The van der Waals surface area contributed by atoms with Gasteiger partial charge in [-0.25, -0.2) is 0 Å². The van der Waals surface area contributed by atoms with Crippen LogP contribution in [0.4, 0.5) is 0 Å². The predicted molar refractivity (Wildman–Crippen MR) is 106 cm³/mol. The molecule has 3 heterocycles. The number of likely N-dealkylation sites (tertiary alicyclic amines) is 1. The fraction of sp³-hybridized carbons (Fsp3) is 0.478. The second-order valence-electron chi connectivity index (χ2n) is 8.28. The molecule has 30 heavy (non-hydrogen) atoms. The molecule has 3 aliphatic heterocycles. The number of hydrogen-bond donors (Lipinski definition) is 1. The van der Waals surface area contributed by atoms with Crippen molar-refractivity contribution < 1.29 is 52.5 Å². The quantitative estimate of drug-likeness (QED) is 0.428. The van der Waals surface area contributed by atoms with Crippen molar-refractivity contribution in [3.63, 3.8) is 0 Å². The molecule has 1 N–H and O–H groups in total. The largest absolute Gasteiger partial charge is 1.00 e. The number of quaternary nitrogens is 1. The molecule has 0 saturated carbocycles. The average Bonchev–Trinajstić information content (AvgIpc) is 3.03. The zero-order chi connectivity index (χ0) is 19.8. The molecule has 0 radical (unpaired) electrons. The molecule has 0 amide bonds. The van der Waals surface area contributed by atoms with Crippen LogP contribution < -0.4 is 24.0 Å². The van der Waals surface area contributed by atoms with E-state index in [1.54, 1.807) is 0 Å². The van der Waals surface area contributed by atoms with Gasteiger partial charge in [0.2, 0.25) is 0 Å². The maximum atomic E-state index is 9.75. The fourth-order valence-corrected chi connectivity index (χ4v) is 5.07.